The zero-order chi connectivity index (χ0) is 24.8. The maximum absolute atomic E-state index is 13.8. The SMILES string of the molecule is COc1ccc2c(c1)c(C(=O)N1CCCCNC(c3ccccc3)CC(=O)NCCC1)c(C)n2C.Cl. The molecular formula is C28H37ClN4O3. The van der Waals surface area contributed by atoms with Crippen molar-refractivity contribution < 1.29 is 14.3 Å². The molecule has 3 aromatic rings. The number of rotatable bonds is 3. The number of halogens is 1. The van der Waals surface area contributed by atoms with Crippen LogP contribution < -0.4 is 15.4 Å². The third-order valence-electron chi connectivity index (χ3n) is 6.96. The Hall–Kier alpha value is -3.03. The quantitative estimate of drug-likeness (QED) is 0.546. The minimum absolute atomic E-state index is 0. The maximum atomic E-state index is 13.8. The second-order valence-corrected chi connectivity index (χ2v) is 9.23. The second-order valence-electron chi connectivity index (χ2n) is 9.23. The van der Waals surface area contributed by atoms with E-state index in [1.54, 1.807) is 7.11 Å². The number of hydrogen-bond acceptors (Lipinski definition) is 4. The van der Waals surface area contributed by atoms with Crippen molar-refractivity contribution >= 4 is 35.1 Å². The van der Waals surface area contributed by atoms with Crippen molar-refractivity contribution in [3.8, 4) is 5.75 Å². The molecule has 1 atom stereocenters. The number of fused-ring (bicyclic) bond motifs is 1. The van der Waals surface area contributed by atoms with Gasteiger partial charge in [0.2, 0.25) is 5.91 Å². The van der Waals surface area contributed by atoms with Gasteiger partial charge >= 0.3 is 0 Å². The van der Waals surface area contributed by atoms with Crippen LogP contribution in [0.15, 0.2) is 48.5 Å². The van der Waals surface area contributed by atoms with Gasteiger partial charge in [-0.2, -0.15) is 0 Å². The summed E-state index contributed by atoms with van der Waals surface area (Å²) in [5.74, 6) is 0.807. The molecule has 1 aromatic heterocycles. The van der Waals surface area contributed by atoms with E-state index in [0.29, 0.717) is 32.5 Å². The molecule has 0 aliphatic carbocycles. The van der Waals surface area contributed by atoms with Crippen LogP contribution in [0.4, 0.5) is 0 Å². The summed E-state index contributed by atoms with van der Waals surface area (Å²) in [6.45, 7) is 4.62. The van der Waals surface area contributed by atoms with E-state index in [1.807, 2.05) is 55.3 Å². The van der Waals surface area contributed by atoms with Gasteiger partial charge < -0.3 is 24.8 Å². The highest BCUT2D eigenvalue weighted by Gasteiger charge is 2.24. The van der Waals surface area contributed by atoms with E-state index in [1.165, 1.54) is 0 Å². The summed E-state index contributed by atoms with van der Waals surface area (Å²) in [7, 11) is 3.63. The molecule has 4 rings (SSSR count). The Morgan fingerprint density at radius 1 is 1.03 bits per heavy atom. The first kappa shape index (κ1) is 27.6. The number of methoxy groups -OCH3 is 1. The lowest BCUT2D eigenvalue weighted by Gasteiger charge is -2.23. The molecule has 1 unspecified atom stereocenters. The van der Waals surface area contributed by atoms with E-state index < -0.39 is 0 Å². The van der Waals surface area contributed by atoms with Gasteiger partial charge in [-0.05, 0) is 56.5 Å². The van der Waals surface area contributed by atoms with Crippen molar-refractivity contribution in [2.45, 2.75) is 38.6 Å². The van der Waals surface area contributed by atoms with Crippen molar-refractivity contribution in [2.24, 2.45) is 7.05 Å². The smallest absolute Gasteiger partial charge is 0.256 e. The predicted octanol–water partition coefficient (Wildman–Crippen LogP) is 4.38. The van der Waals surface area contributed by atoms with Crippen molar-refractivity contribution in [2.75, 3.05) is 33.3 Å². The first-order chi connectivity index (χ1) is 17.0. The van der Waals surface area contributed by atoms with E-state index in [0.717, 1.165) is 52.9 Å². The number of amides is 2. The summed E-state index contributed by atoms with van der Waals surface area (Å²) in [6, 6.07) is 16.0. The summed E-state index contributed by atoms with van der Waals surface area (Å²) in [4.78, 5) is 28.4. The fraction of sp³-hybridized carbons (Fsp3) is 0.429. The zero-order valence-electron chi connectivity index (χ0n) is 21.4. The van der Waals surface area contributed by atoms with Crippen LogP contribution in [0.1, 0.15) is 53.3 Å². The molecule has 8 heteroatoms. The van der Waals surface area contributed by atoms with Gasteiger partial charge in [0, 0.05) is 55.7 Å². The Morgan fingerprint density at radius 2 is 1.78 bits per heavy atom. The standard InChI is InChI=1S/C28H36N4O3.ClH/c1-20-27(23-18-22(35-3)12-13-25(23)31(20)2)28(34)32-16-8-7-14-29-24(21-10-5-4-6-11-21)19-26(33)30-15-9-17-32;/h4-6,10-13,18,24,29H,7-9,14-17,19H2,1-3H3,(H,30,33);1H. The Morgan fingerprint density at radius 3 is 2.53 bits per heavy atom. The summed E-state index contributed by atoms with van der Waals surface area (Å²) in [5, 5.41) is 7.51. The molecule has 0 radical (unpaired) electrons. The van der Waals surface area contributed by atoms with Gasteiger partial charge in [-0.15, -0.1) is 12.4 Å². The number of carbonyl (C=O) groups is 2. The summed E-state index contributed by atoms with van der Waals surface area (Å²) in [6.07, 6.45) is 2.95. The Labute approximate surface area is 219 Å². The van der Waals surface area contributed by atoms with E-state index in [9.17, 15) is 9.59 Å². The first-order valence-electron chi connectivity index (χ1n) is 12.5. The van der Waals surface area contributed by atoms with Gasteiger partial charge in [0.15, 0.2) is 0 Å². The van der Waals surface area contributed by atoms with Crippen molar-refractivity contribution in [1.82, 2.24) is 20.1 Å². The Bertz CT molecular complexity index is 1180. The van der Waals surface area contributed by atoms with Crippen molar-refractivity contribution in [3.63, 3.8) is 0 Å². The van der Waals surface area contributed by atoms with Crippen LogP contribution in [0.2, 0.25) is 0 Å². The molecule has 1 aliphatic rings. The molecular weight excluding hydrogens is 476 g/mol. The average Bonchev–Trinajstić information content (AvgIpc) is 3.13. The average molecular weight is 513 g/mol. The van der Waals surface area contributed by atoms with Gasteiger partial charge in [0.25, 0.3) is 5.91 Å². The normalized spacial score (nSPS) is 17.8. The molecule has 36 heavy (non-hydrogen) atoms. The largest absolute Gasteiger partial charge is 0.497 e. The molecule has 2 aromatic carbocycles. The van der Waals surface area contributed by atoms with E-state index in [4.69, 9.17) is 4.74 Å². The number of carbonyl (C=O) groups excluding carboxylic acids is 2. The lowest BCUT2D eigenvalue weighted by atomic mass is 10.0. The molecule has 1 fully saturated rings. The minimum atomic E-state index is -0.0111. The first-order valence-corrected chi connectivity index (χ1v) is 12.5. The summed E-state index contributed by atoms with van der Waals surface area (Å²) < 4.78 is 7.49. The van der Waals surface area contributed by atoms with E-state index in [2.05, 4.69) is 27.3 Å². The predicted molar refractivity (Wildman–Crippen MR) is 146 cm³/mol. The summed E-state index contributed by atoms with van der Waals surface area (Å²) in [5.41, 5.74) is 3.82. The number of ether oxygens (including phenoxy) is 1. The van der Waals surface area contributed by atoms with Gasteiger partial charge in [0.05, 0.1) is 12.7 Å². The van der Waals surface area contributed by atoms with Gasteiger partial charge in [-0.1, -0.05) is 30.3 Å². The molecule has 0 spiro atoms. The maximum Gasteiger partial charge on any atom is 0.256 e. The molecule has 1 aliphatic heterocycles. The zero-order valence-corrected chi connectivity index (χ0v) is 22.2. The molecule has 7 nitrogen and oxygen atoms in total. The lowest BCUT2D eigenvalue weighted by molar-refractivity contribution is -0.121. The number of nitrogens with one attached hydrogen (secondary N) is 2. The van der Waals surface area contributed by atoms with Crippen LogP contribution in [0.5, 0.6) is 5.75 Å². The molecule has 0 saturated carbocycles. The van der Waals surface area contributed by atoms with Crippen LogP contribution >= 0.6 is 12.4 Å². The van der Waals surface area contributed by atoms with Gasteiger partial charge in [-0.3, -0.25) is 9.59 Å². The monoisotopic (exact) mass is 512 g/mol. The van der Waals surface area contributed by atoms with Gasteiger partial charge in [-0.25, -0.2) is 0 Å². The molecule has 194 valence electrons. The Balaban J connectivity index is 0.00000361. The Kier molecular flexibility index (Phi) is 9.79. The third-order valence-corrected chi connectivity index (χ3v) is 6.96. The molecule has 1 saturated heterocycles. The molecule has 2 amide bonds. The second kappa shape index (κ2) is 12.8. The van der Waals surface area contributed by atoms with Crippen LogP contribution in [0, 0.1) is 6.92 Å². The van der Waals surface area contributed by atoms with E-state index in [-0.39, 0.29) is 30.3 Å². The van der Waals surface area contributed by atoms with Gasteiger partial charge in [0.1, 0.15) is 5.75 Å². The number of nitrogens with zero attached hydrogens (tertiary/aromatic N) is 2. The fourth-order valence-corrected chi connectivity index (χ4v) is 4.87. The third kappa shape index (κ3) is 6.20. The van der Waals surface area contributed by atoms with Crippen LogP contribution in [-0.4, -0.2) is 54.6 Å². The minimum Gasteiger partial charge on any atom is -0.497 e. The summed E-state index contributed by atoms with van der Waals surface area (Å²) >= 11 is 0. The molecule has 0 bridgehead atoms. The van der Waals surface area contributed by atoms with Crippen LogP contribution in [0.3, 0.4) is 0 Å². The highest BCUT2D eigenvalue weighted by molar-refractivity contribution is 6.08. The topological polar surface area (TPSA) is 75.6 Å². The van der Waals surface area contributed by atoms with Crippen molar-refractivity contribution in [3.05, 3.63) is 65.4 Å². The van der Waals surface area contributed by atoms with Crippen LogP contribution in [-0.2, 0) is 11.8 Å². The number of aryl methyl sites for hydroxylation is 1. The van der Waals surface area contributed by atoms with Crippen molar-refractivity contribution in [1.29, 1.82) is 0 Å². The molecule has 2 heterocycles. The van der Waals surface area contributed by atoms with Crippen LogP contribution in [0.25, 0.3) is 10.9 Å². The van der Waals surface area contributed by atoms with E-state index >= 15 is 0 Å². The fourth-order valence-electron chi connectivity index (χ4n) is 4.87. The highest BCUT2D eigenvalue weighted by Crippen LogP contribution is 2.30. The number of aromatic nitrogens is 1. The number of hydrogen-bond donors (Lipinski definition) is 2. The lowest BCUT2D eigenvalue weighted by Crippen LogP contribution is -2.35. The number of benzene rings is 2. The highest BCUT2D eigenvalue weighted by atomic mass is 35.5. The molecule has 2 N–H and O–H groups in total.